The first kappa shape index (κ1) is 19.4. The van der Waals surface area contributed by atoms with Gasteiger partial charge in [0.25, 0.3) is 0 Å². The Kier molecular flexibility index (Phi) is 5.41. The van der Waals surface area contributed by atoms with E-state index in [9.17, 15) is 0 Å². The Morgan fingerprint density at radius 3 is 2.48 bits per heavy atom. The molecule has 0 aliphatic heterocycles. The van der Waals surface area contributed by atoms with Crippen LogP contribution in [0.4, 0.5) is 0 Å². The molecule has 6 nitrogen and oxygen atoms in total. The molecular formula is C24H20N4O2S. The maximum absolute atomic E-state index is 5.86. The summed E-state index contributed by atoms with van der Waals surface area (Å²) in [5, 5.41) is 9.25. The van der Waals surface area contributed by atoms with Crippen LogP contribution in [0.3, 0.4) is 0 Å². The summed E-state index contributed by atoms with van der Waals surface area (Å²) >= 11 is 1.57. The van der Waals surface area contributed by atoms with Gasteiger partial charge in [0.2, 0.25) is 11.8 Å². The first-order chi connectivity index (χ1) is 15.3. The monoisotopic (exact) mass is 428 g/mol. The lowest BCUT2D eigenvalue weighted by Gasteiger charge is -2.10. The topological polar surface area (TPSA) is 66.0 Å². The van der Waals surface area contributed by atoms with Gasteiger partial charge < -0.3 is 9.15 Å². The van der Waals surface area contributed by atoms with E-state index >= 15 is 0 Å². The molecule has 0 saturated carbocycles. The predicted octanol–water partition coefficient (Wildman–Crippen LogP) is 5.77. The molecule has 0 N–H and O–H groups in total. The summed E-state index contributed by atoms with van der Waals surface area (Å²) in [6, 6.07) is 25.9. The van der Waals surface area contributed by atoms with Gasteiger partial charge in [-0.15, -0.1) is 10.2 Å². The van der Waals surface area contributed by atoms with Crippen molar-refractivity contribution in [3.63, 3.8) is 0 Å². The van der Waals surface area contributed by atoms with Gasteiger partial charge in [0, 0.05) is 11.3 Å². The minimum Gasteiger partial charge on any atom is -0.494 e. The number of fused-ring (bicyclic) bond motifs is 1. The van der Waals surface area contributed by atoms with Crippen LogP contribution in [0.1, 0.15) is 12.8 Å². The summed E-state index contributed by atoms with van der Waals surface area (Å²) in [4.78, 5) is 4.83. The Bertz CT molecular complexity index is 1300. The number of ether oxygens (including phenoxy) is 1. The molecule has 2 heterocycles. The fourth-order valence-corrected chi connectivity index (χ4v) is 4.21. The average Bonchev–Trinajstić information content (AvgIpc) is 3.44. The van der Waals surface area contributed by atoms with Crippen LogP contribution < -0.4 is 4.74 Å². The van der Waals surface area contributed by atoms with Crippen molar-refractivity contribution < 1.29 is 9.15 Å². The molecule has 0 atom stereocenters. The molecule has 31 heavy (non-hydrogen) atoms. The molecule has 0 unspecified atom stereocenters. The summed E-state index contributed by atoms with van der Waals surface area (Å²) in [7, 11) is 0. The van der Waals surface area contributed by atoms with Gasteiger partial charge in [-0.25, -0.2) is 4.98 Å². The third kappa shape index (κ3) is 4.04. The van der Waals surface area contributed by atoms with Crippen molar-refractivity contribution in [1.29, 1.82) is 0 Å². The van der Waals surface area contributed by atoms with Crippen molar-refractivity contribution in [3.8, 4) is 22.9 Å². The molecule has 7 heteroatoms. The summed E-state index contributed by atoms with van der Waals surface area (Å²) in [5.74, 6) is 2.47. The predicted molar refractivity (Wildman–Crippen MR) is 122 cm³/mol. The molecule has 0 bridgehead atoms. The number of nitrogens with zero attached hydrogens (tertiary/aromatic N) is 4. The molecule has 0 saturated heterocycles. The lowest BCUT2D eigenvalue weighted by Crippen LogP contribution is -1.98. The minimum atomic E-state index is 0.524. The molecule has 0 aliphatic carbocycles. The van der Waals surface area contributed by atoms with E-state index in [2.05, 4.69) is 20.8 Å². The third-order valence-corrected chi connectivity index (χ3v) is 5.67. The molecule has 5 aromatic rings. The van der Waals surface area contributed by atoms with Gasteiger partial charge in [-0.05, 0) is 55.5 Å². The van der Waals surface area contributed by atoms with Crippen molar-refractivity contribution in [3.05, 3.63) is 84.8 Å². The SMILES string of the molecule is CCOc1ccc(-n2c(SCc3nnc(-c4ccccc4)o3)nc3ccccc32)cc1. The van der Waals surface area contributed by atoms with Crippen LogP contribution in [0, 0.1) is 0 Å². The molecule has 0 spiro atoms. The maximum Gasteiger partial charge on any atom is 0.247 e. The molecule has 0 amide bonds. The van der Waals surface area contributed by atoms with Crippen LogP contribution in [-0.4, -0.2) is 26.4 Å². The number of imidazole rings is 1. The number of hydrogen-bond acceptors (Lipinski definition) is 6. The van der Waals surface area contributed by atoms with Gasteiger partial charge >= 0.3 is 0 Å². The zero-order valence-electron chi connectivity index (χ0n) is 16.9. The molecule has 154 valence electrons. The second-order valence-electron chi connectivity index (χ2n) is 6.80. The van der Waals surface area contributed by atoms with Crippen LogP contribution in [0.15, 0.2) is 88.4 Å². The highest BCUT2D eigenvalue weighted by Gasteiger charge is 2.15. The Morgan fingerprint density at radius 1 is 0.903 bits per heavy atom. The van der Waals surface area contributed by atoms with Crippen LogP contribution in [-0.2, 0) is 5.75 Å². The average molecular weight is 429 g/mol. The van der Waals surface area contributed by atoms with E-state index in [1.807, 2.05) is 79.7 Å². The number of hydrogen-bond donors (Lipinski definition) is 0. The second kappa shape index (κ2) is 8.65. The first-order valence-electron chi connectivity index (χ1n) is 10.0. The van der Waals surface area contributed by atoms with E-state index in [1.54, 1.807) is 11.8 Å². The van der Waals surface area contributed by atoms with Crippen molar-refractivity contribution in [2.45, 2.75) is 17.8 Å². The minimum absolute atomic E-state index is 0.524. The number of para-hydroxylation sites is 2. The van der Waals surface area contributed by atoms with E-state index in [4.69, 9.17) is 14.1 Å². The Morgan fingerprint density at radius 2 is 1.68 bits per heavy atom. The quantitative estimate of drug-likeness (QED) is 0.307. The lowest BCUT2D eigenvalue weighted by atomic mass is 10.2. The third-order valence-electron chi connectivity index (χ3n) is 4.75. The van der Waals surface area contributed by atoms with E-state index in [-0.39, 0.29) is 0 Å². The molecule has 2 aromatic heterocycles. The number of thioether (sulfide) groups is 1. The zero-order valence-corrected chi connectivity index (χ0v) is 17.7. The fourth-order valence-electron chi connectivity index (χ4n) is 3.34. The van der Waals surface area contributed by atoms with Gasteiger partial charge in [-0.2, -0.15) is 0 Å². The Hall–Kier alpha value is -3.58. The summed E-state index contributed by atoms with van der Waals surface area (Å²) < 4.78 is 13.6. The van der Waals surface area contributed by atoms with E-state index in [1.165, 1.54) is 0 Å². The van der Waals surface area contributed by atoms with Gasteiger partial charge in [-0.3, -0.25) is 4.57 Å². The first-order valence-corrected chi connectivity index (χ1v) is 11.0. The van der Waals surface area contributed by atoms with Crippen molar-refractivity contribution >= 4 is 22.8 Å². The van der Waals surface area contributed by atoms with Crippen LogP contribution in [0.25, 0.3) is 28.2 Å². The van der Waals surface area contributed by atoms with Crippen molar-refractivity contribution in [1.82, 2.24) is 19.7 Å². The Labute approximate surface area is 183 Å². The smallest absolute Gasteiger partial charge is 0.247 e. The van der Waals surface area contributed by atoms with Gasteiger partial charge in [-0.1, -0.05) is 42.1 Å². The van der Waals surface area contributed by atoms with E-state index in [0.717, 1.165) is 33.2 Å². The molecule has 0 radical (unpaired) electrons. The van der Waals surface area contributed by atoms with E-state index in [0.29, 0.717) is 24.1 Å². The molecule has 3 aromatic carbocycles. The van der Waals surface area contributed by atoms with Crippen LogP contribution in [0.2, 0.25) is 0 Å². The second-order valence-corrected chi connectivity index (χ2v) is 7.74. The number of benzene rings is 3. The number of aromatic nitrogens is 4. The molecular weight excluding hydrogens is 408 g/mol. The number of rotatable bonds is 7. The normalized spacial score (nSPS) is 11.1. The highest BCUT2D eigenvalue weighted by atomic mass is 32.2. The highest BCUT2D eigenvalue weighted by molar-refractivity contribution is 7.98. The van der Waals surface area contributed by atoms with E-state index < -0.39 is 0 Å². The Balaban J connectivity index is 1.44. The van der Waals surface area contributed by atoms with Crippen LogP contribution >= 0.6 is 11.8 Å². The largest absolute Gasteiger partial charge is 0.494 e. The summed E-state index contributed by atoms with van der Waals surface area (Å²) in [6.45, 7) is 2.62. The summed E-state index contributed by atoms with van der Waals surface area (Å²) in [6.07, 6.45) is 0. The van der Waals surface area contributed by atoms with Gasteiger partial charge in [0.05, 0.1) is 23.4 Å². The zero-order chi connectivity index (χ0) is 21.0. The maximum atomic E-state index is 5.86. The lowest BCUT2D eigenvalue weighted by molar-refractivity contribution is 0.340. The molecule has 5 rings (SSSR count). The summed E-state index contributed by atoms with van der Waals surface area (Å²) in [5.41, 5.74) is 3.92. The van der Waals surface area contributed by atoms with Gasteiger partial charge in [0.15, 0.2) is 5.16 Å². The fraction of sp³-hybridized carbons (Fsp3) is 0.125. The van der Waals surface area contributed by atoms with Gasteiger partial charge in [0.1, 0.15) is 5.75 Å². The molecule has 0 fully saturated rings. The van der Waals surface area contributed by atoms with Crippen molar-refractivity contribution in [2.24, 2.45) is 0 Å². The van der Waals surface area contributed by atoms with Crippen molar-refractivity contribution in [2.75, 3.05) is 6.61 Å². The molecule has 0 aliphatic rings. The standard InChI is InChI=1S/C24H20N4O2S/c1-2-29-19-14-12-18(13-15-19)28-21-11-7-6-10-20(21)25-24(28)31-16-22-26-27-23(30-22)17-8-4-3-5-9-17/h3-15H,2,16H2,1H3. The van der Waals surface area contributed by atoms with Crippen LogP contribution in [0.5, 0.6) is 5.75 Å². The highest BCUT2D eigenvalue weighted by Crippen LogP contribution is 2.31.